The van der Waals surface area contributed by atoms with Gasteiger partial charge in [0.2, 0.25) is 0 Å². The lowest BCUT2D eigenvalue weighted by molar-refractivity contribution is 0.111. The summed E-state index contributed by atoms with van der Waals surface area (Å²) in [5.41, 5.74) is 1.68. The molecule has 3 nitrogen and oxygen atoms in total. The highest BCUT2D eigenvalue weighted by atomic mass is 79.9. The van der Waals surface area contributed by atoms with Gasteiger partial charge in [-0.3, -0.25) is 4.79 Å². The molecule has 0 unspecified atom stereocenters. The molecular formula is C17H16BrClO3. The quantitative estimate of drug-likeness (QED) is 0.502. The van der Waals surface area contributed by atoms with E-state index in [1.54, 1.807) is 12.1 Å². The van der Waals surface area contributed by atoms with E-state index in [-0.39, 0.29) is 0 Å². The van der Waals surface area contributed by atoms with E-state index in [0.29, 0.717) is 34.0 Å². The summed E-state index contributed by atoms with van der Waals surface area (Å²) in [6.45, 7) is 2.83. The van der Waals surface area contributed by atoms with Gasteiger partial charge in [0.05, 0.1) is 10.0 Å². The lowest BCUT2D eigenvalue weighted by atomic mass is 10.2. The topological polar surface area (TPSA) is 35.5 Å². The summed E-state index contributed by atoms with van der Waals surface area (Å²) < 4.78 is 11.9. The Morgan fingerprint density at radius 3 is 2.45 bits per heavy atom. The number of benzene rings is 2. The van der Waals surface area contributed by atoms with E-state index < -0.39 is 0 Å². The molecule has 0 spiro atoms. The van der Waals surface area contributed by atoms with E-state index in [1.165, 1.54) is 5.56 Å². The van der Waals surface area contributed by atoms with Crippen LogP contribution in [0.4, 0.5) is 0 Å². The van der Waals surface area contributed by atoms with Crippen LogP contribution >= 0.6 is 27.5 Å². The molecule has 22 heavy (non-hydrogen) atoms. The van der Waals surface area contributed by atoms with Crippen molar-refractivity contribution in [2.75, 3.05) is 13.2 Å². The van der Waals surface area contributed by atoms with Gasteiger partial charge in [0.25, 0.3) is 0 Å². The number of aldehydes is 1. The van der Waals surface area contributed by atoms with Crippen molar-refractivity contribution < 1.29 is 14.3 Å². The van der Waals surface area contributed by atoms with E-state index >= 15 is 0 Å². The summed E-state index contributed by atoms with van der Waals surface area (Å²) in [5.74, 6) is 1.27. The van der Waals surface area contributed by atoms with Crippen molar-refractivity contribution in [2.24, 2.45) is 0 Å². The standard InChI is InChI=1S/C17H16BrClO3/c1-2-12-3-5-15(6-4-12)21-7-8-22-17-13(11-20)9-14(19)10-16(17)18/h3-6,9-11H,2,7-8H2,1H3. The van der Waals surface area contributed by atoms with Gasteiger partial charge >= 0.3 is 0 Å². The molecule has 0 N–H and O–H groups in total. The second-order valence-electron chi connectivity index (χ2n) is 4.62. The molecule has 0 aromatic heterocycles. The monoisotopic (exact) mass is 382 g/mol. The molecule has 0 amide bonds. The normalized spacial score (nSPS) is 10.3. The molecule has 0 radical (unpaired) electrons. The summed E-state index contributed by atoms with van der Waals surface area (Å²) in [4.78, 5) is 11.1. The van der Waals surface area contributed by atoms with Crippen LogP contribution in [-0.2, 0) is 6.42 Å². The van der Waals surface area contributed by atoms with Crippen LogP contribution in [0.5, 0.6) is 11.5 Å². The molecule has 0 heterocycles. The second-order valence-corrected chi connectivity index (χ2v) is 5.91. The van der Waals surface area contributed by atoms with Gasteiger partial charge in [0, 0.05) is 5.02 Å². The second kappa shape index (κ2) is 8.20. The Balaban J connectivity index is 1.89. The average Bonchev–Trinajstić information content (AvgIpc) is 2.53. The van der Waals surface area contributed by atoms with E-state index in [9.17, 15) is 4.79 Å². The third-order valence-corrected chi connectivity index (χ3v) is 3.90. The molecule has 0 saturated heterocycles. The minimum Gasteiger partial charge on any atom is -0.490 e. The molecule has 2 rings (SSSR count). The lowest BCUT2D eigenvalue weighted by Crippen LogP contribution is -2.10. The summed E-state index contributed by atoms with van der Waals surface area (Å²) in [5, 5.41) is 0.480. The minimum absolute atomic E-state index is 0.330. The van der Waals surface area contributed by atoms with E-state index in [2.05, 4.69) is 22.9 Å². The smallest absolute Gasteiger partial charge is 0.153 e. The van der Waals surface area contributed by atoms with Crippen molar-refractivity contribution in [3.8, 4) is 11.5 Å². The Hall–Kier alpha value is -1.52. The van der Waals surface area contributed by atoms with Crippen molar-refractivity contribution in [1.82, 2.24) is 0 Å². The number of rotatable bonds is 7. The third-order valence-electron chi connectivity index (χ3n) is 3.09. The van der Waals surface area contributed by atoms with Crippen LogP contribution in [0.2, 0.25) is 5.02 Å². The molecule has 0 fully saturated rings. The van der Waals surface area contributed by atoms with Crippen LogP contribution in [-0.4, -0.2) is 19.5 Å². The molecule has 2 aromatic rings. The van der Waals surface area contributed by atoms with Crippen LogP contribution in [0.25, 0.3) is 0 Å². The van der Waals surface area contributed by atoms with Crippen molar-refractivity contribution in [2.45, 2.75) is 13.3 Å². The number of hydrogen-bond donors (Lipinski definition) is 0. The molecule has 0 aliphatic heterocycles. The third kappa shape index (κ3) is 4.49. The van der Waals surface area contributed by atoms with Crippen molar-refractivity contribution in [3.05, 3.63) is 57.0 Å². The number of ether oxygens (including phenoxy) is 2. The van der Waals surface area contributed by atoms with Crippen molar-refractivity contribution in [1.29, 1.82) is 0 Å². The minimum atomic E-state index is 0.330. The first-order valence-corrected chi connectivity index (χ1v) is 8.10. The summed E-state index contributed by atoms with van der Waals surface area (Å²) in [6, 6.07) is 11.2. The molecular weight excluding hydrogens is 368 g/mol. The molecule has 0 atom stereocenters. The largest absolute Gasteiger partial charge is 0.490 e. The summed E-state index contributed by atoms with van der Waals surface area (Å²) in [7, 11) is 0. The molecule has 2 aromatic carbocycles. The van der Waals surface area contributed by atoms with Gasteiger partial charge in [-0.25, -0.2) is 0 Å². The van der Waals surface area contributed by atoms with Crippen molar-refractivity contribution >= 4 is 33.8 Å². The maximum Gasteiger partial charge on any atom is 0.153 e. The first-order valence-electron chi connectivity index (χ1n) is 6.92. The van der Waals surface area contributed by atoms with Gasteiger partial charge in [0.1, 0.15) is 24.7 Å². The highest BCUT2D eigenvalue weighted by molar-refractivity contribution is 9.10. The SMILES string of the molecule is CCc1ccc(OCCOc2c(Br)cc(Cl)cc2C=O)cc1. The zero-order valence-electron chi connectivity index (χ0n) is 12.1. The highest BCUT2D eigenvalue weighted by Crippen LogP contribution is 2.31. The maximum absolute atomic E-state index is 11.1. The number of halogens is 2. The zero-order valence-corrected chi connectivity index (χ0v) is 14.5. The van der Waals surface area contributed by atoms with Gasteiger partial charge < -0.3 is 9.47 Å². The zero-order chi connectivity index (χ0) is 15.9. The van der Waals surface area contributed by atoms with Gasteiger partial charge in [-0.1, -0.05) is 30.7 Å². The first kappa shape index (κ1) is 16.8. The Morgan fingerprint density at radius 1 is 1.14 bits per heavy atom. The summed E-state index contributed by atoms with van der Waals surface area (Å²) >= 11 is 9.24. The van der Waals surface area contributed by atoms with Crippen LogP contribution < -0.4 is 9.47 Å². The molecule has 0 aliphatic carbocycles. The first-order chi connectivity index (χ1) is 10.6. The number of aryl methyl sites for hydroxylation is 1. The predicted octanol–water partition coefficient (Wildman–Crippen LogP) is 4.94. The lowest BCUT2D eigenvalue weighted by Gasteiger charge is -2.12. The van der Waals surface area contributed by atoms with E-state index in [0.717, 1.165) is 18.5 Å². The predicted molar refractivity (Wildman–Crippen MR) is 91.3 cm³/mol. The Kier molecular flexibility index (Phi) is 6.28. The van der Waals surface area contributed by atoms with Gasteiger partial charge in [-0.15, -0.1) is 0 Å². The number of carbonyl (C=O) groups is 1. The fraction of sp³-hybridized carbons (Fsp3) is 0.235. The molecule has 116 valence electrons. The van der Waals surface area contributed by atoms with E-state index in [1.807, 2.05) is 24.3 Å². The Labute approximate surface area is 143 Å². The van der Waals surface area contributed by atoms with Crippen LogP contribution in [0.1, 0.15) is 22.8 Å². The van der Waals surface area contributed by atoms with Crippen LogP contribution in [0.15, 0.2) is 40.9 Å². The van der Waals surface area contributed by atoms with E-state index in [4.69, 9.17) is 21.1 Å². The van der Waals surface area contributed by atoms with Crippen LogP contribution in [0, 0.1) is 0 Å². The molecule has 5 heteroatoms. The fourth-order valence-corrected chi connectivity index (χ4v) is 2.89. The van der Waals surface area contributed by atoms with Gasteiger partial charge in [0.15, 0.2) is 6.29 Å². The molecule has 0 bridgehead atoms. The van der Waals surface area contributed by atoms with Gasteiger partial charge in [-0.05, 0) is 52.2 Å². The molecule has 0 aliphatic rings. The Bertz CT molecular complexity index is 641. The number of carbonyl (C=O) groups excluding carboxylic acids is 1. The van der Waals surface area contributed by atoms with Gasteiger partial charge in [-0.2, -0.15) is 0 Å². The average molecular weight is 384 g/mol. The fourth-order valence-electron chi connectivity index (χ4n) is 1.94. The van der Waals surface area contributed by atoms with Crippen LogP contribution in [0.3, 0.4) is 0 Å². The Morgan fingerprint density at radius 2 is 1.82 bits per heavy atom. The molecule has 0 saturated carbocycles. The number of hydrogen-bond acceptors (Lipinski definition) is 3. The maximum atomic E-state index is 11.1. The summed E-state index contributed by atoms with van der Waals surface area (Å²) in [6.07, 6.45) is 1.72. The van der Waals surface area contributed by atoms with Crippen molar-refractivity contribution in [3.63, 3.8) is 0 Å². The highest BCUT2D eigenvalue weighted by Gasteiger charge is 2.10.